The van der Waals surface area contributed by atoms with Gasteiger partial charge in [0, 0.05) is 96.7 Å². The minimum atomic E-state index is -0.0322. The number of hydrogen-bond acceptors (Lipinski definition) is 6. The van der Waals surface area contributed by atoms with Gasteiger partial charge >= 0.3 is 0 Å². The number of para-hydroxylation sites is 2. The van der Waals surface area contributed by atoms with E-state index in [4.69, 9.17) is 14.7 Å². The lowest BCUT2D eigenvalue weighted by Crippen LogP contribution is -2.08. The number of pyridine rings is 2. The number of benzene rings is 16. The van der Waals surface area contributed by atoms with Crippen LogP contribution < -0.4 is 15.8 Å². The van der Waals surface area contributed by atoms with Gasteiger partial charge in [0.05, 0.1) is 33.8 Å². The standard InChI is InChI=1S/C44H30N4.C42H28.C20H12N2O2.C19H23NO/c1-5-13-29(14-6-1)41-33-21-23-35(45-33)42(30-15-7-2-8-16-30)37-25-27-39(47-37)44(32-19-11-4-12-20-32)40-28-26-38(48-40)43(31-17-9-3-10-18-31)36-24-22-34(41)46-36;1-5-17-29(18-6-1)37-33-25-13-14-26-34(33)39(31-21-9-3-10-22-31)42-40(32-23-11-4-12-24-32)36-28-16-15-27-35(36)38(41(37)42)30-19-7-2-8-20-30;23-19-11-5-1-3-7-15(11)21-17-10-14-18(9-13(17)19)22-16-8-4-2-6-12(16)20(14)24;1-14(2)17-12-15(3)21-19(13-17)11-8-16-6-9-18(10-7-16)20(4)5/h1-28,45,48H;1-28H;1-10H,(H,21,23)(H,22,24);6-13H,1-5H3. The third-order valence-electron chi connectivity index (χ3n) is 25.3. The molecule has 0 saturated heterocycles. The largest absolute Gasteiger partial charge is 0.462 e. The number of rotatable bonds is 11. The minimum Gasteiger partial charge on any atom is -0.462 e. The topological polar surface area (TPSA) is 136 Å². The van der Waals surface area contributed by atoms with Crippen LogP contribution in [0.3, 0.4) is 0 Å². The van der Waals surface area contributed by atoms with E-state index < -0.39 is 0 Å². The Bertz CT molecular complexity index is 7890. The first-order valence-electron chi connectivity index (χ1n) is 45.6. The minimum absolute atomic E-state index is 0.0322. The van der Waals surface area contributed by atoms with Crippen molar-refractivity contribution in [3.63, 3.8) is 0 Å². The lowest BCUT2D eigenvalue weighted by Gasteiger charge is -2.25. The van der Waals surface area contributed by atoms with Gasteiger partial charge in [-0.1, -0.05) is 339 Å². The van der Waals surface area contributed by atoms with Crippen molar-refractivity contribution in [3.05, 3.63) is 490 Å². The molecule has 0 aliphatic carbocycles. The number of fused-ring (bicyclic) bond motifs is 15. The Morgan fingerprint density at radius 1 is 0.274 bits per heavy atom. The van der Waals surface area contributed by atoms with Gasteiger partial charge in [-0.15, -0.1) is 0 Å². The van der Waals surface area contributed by atoms with Crippen molar-refractivity contribution >= 4 is 134 Å². The maximum atomic E-state index is 12.8. The molecule has 0 atom stereocenters. The molecule has 10 nitrogen and oxygen atoms in total. The predicted molar refractivity (Wildman–Crippen MR) is 570 cm³/mol. The molecular formula is C125H93N7O3. The normalized spacial score (nSPS) is 12.1. The van der Waals surface area contributed by atoms with Crippen molar-refractivity contribution in [1.82, 2.24) is 29.9 Å². The second-order valence-electron chi connectivity index (χ2n) is 34.4. The van der Waals surface area contributed by atoms with Crippen LogP contribution in [-0.2, 0) is 4.74 Å². The summed E-state index contributed by atoms with van der Waals surface area (Å²) in [5, 5.41) is 10.1. The van der Waals surface area contributed by atoms with E-state index >= 15 is 0 Å². The van der Waals surface area contributed by atoms with E-state index in [-0.39, 0.29) is 10.9 Å². The summed E-state index contributed by atoms with van der Waals surface area (Å²) in [7, 11) is 4.09. The van der Waals surface area contributed by atoms with E-state index in [9.17, 15) is 9.59 Å². The van der Waals surface area contributed by atoms with Gasteiger partial charge in [0.1, 0.15) is 11.5 Å². The van der Waals surface area contributed by atoms with Crippen molar-refractivity contribution in [2.24, 2.45) is 0 Å². The van der Waals surface area contributed by atoms with Crippen LogP contribution in [0.25, 0.3) is 217 Å². The number of ether oxygens (including phenoxy) is 1. The monoisotopic (exact) mass is 1740 g/mol. The molecule has 24 rings (SSSR count). The lowest BCUT2D eigenvalue weighted by atomic mass is 9.77. The molecule has 135 heavy (non-hydrogen) atoms. The molecule has 0 amide bonds. The molecule has 0 unspecified atom stereocenters. The summed E-state index contributed by atoms with van der Waals surface area (Å²) in [6, 6.07) is 139. The summed E-state index contributed by atoms with van der Waals surface area (Å²) in [5.41, 5.74) is 33.9. The number of hydrogen-bond donors (Lipinski definition) is 4. The molecule has 3 aliphatic rings. The first kappa shape index (κ1) is 84.3. The lowest BCUT2D eigenvalue weighted by molar-refractivity contribution is 0.318. The van der Waals surface area contributed by atoms with Crippen LogP contribution in [-0.4, -0.2) is 44.0 Å². The molecule has 10 heteroatoms. The van der Waals surface area contributed by atoms with Crippen LogP contribution >= 0.6 is 0 Å². The summed E-state index contributed by atoms with van der Waals surface area (Å²) in [5.74, 6) is 1.80. The second-order valence-corrected chi connectivity index (χ2v) is 34.4. The maximum absolute atomic E-state index is 12.8. The highest BCUT2D eigenvalue weighted by Crippen LogP contribution is 2.54. The molecule has 0 radical (unpaired) electrons. The van der Waals surface area contributed by atoms with Crippen LogP contribution in [0.5, 0.6) is 0 Å². The third kappa shape index (κ3) is 16.8. The summed E-state index contributed by atoms with van der Waals surface area (Å²) in [6.07, 6.45) is 16.8. The Kier molecular flexibility index (Phi) is 23.2. The van der Waals surface area contributed by atoms with Gasteiger partial charge in [0.15, 0.2) is 10.9 Å². The quantitative estimate of drug-likeness (QED) is 0.0953. The maximum Gasteiger partial charge on any atom is 0.197 e. The smallest absolute Gasteiger partial charge is 0.197 e. The molecule has 16 aromatic carbocycles. The van der Waals surface area contributed by atoms with Gasteiger partial charge in [-0.05, 0) is 246 Å². The zero-order valence-corrected chi connectivity index (χ0v) is 75.3. The van der Waals surface area contributed by atoms with E-state index in [2.05, 4.69) is 397 Å². The highest BCUT2D eigenvalue weighted by Gasteiger charge is 2.27. The van der Waals surface area contributed by atoms with Gasteiger partial charge in [0.2, 0.25) is 0 Å². The van der Waals surface area contributed by atoms with Crippen molar-refractivity contribution in [1.29, 1.82) is 0 Å². The Labute approximate surface area is 782 Å². The summed E-state index contributed by atoms with van der Waals surface area (Å²) >= 11 is 0. The first-order valence-corrected chi connectivity index (χ1v) is 45.6. The van der Waals surface area contributed by atoms with Gasteiger partial charge in [-0.25, -0.2) is 9.97 Å². The van der Waals surface area contributed by atoms with E-state index in [1.807, 2.05) is 87.8 Å². The molecule has 0 saturated carbocycles. The molecule has 0 fully saturated rings. The van der Waals surface area contributed by atoms with Gasteiger partial charge in [-0.2, -0.15) is 0 Å². The van der Waals surface area contributed by atoms with E-state index in [1.165, 1.54) is 93.7 Å². The van der Waals surface area contributed by atoms with Crippen LogP contribution in [0, 0.1) is 0 Å². The summed E-state index contributed by atoms with van der Waals surface area (Å²) < 4.78 is 5.74. The molecule has 5 aromatic heterocycles. The van der Waals surface area contributed by atoms with E-state index in [1.54, 1.807) is 24.3 Å². The van der Waals surface area contributed by atoms with Crippen molar-refractivity contribution < 1.29 is 4.74 Å². The van der Waals surface area contributed by atoms with Crippen LogP contribution in [0.4, 0.5) is 5.69 Å². The van der Waals surface area contributed by atoms with Gasteiger partial charge in [-0.3, -0.25) is 9.59 Å². The SMILES string of the molecule is C1=Cc2nc1c(-c1ccccc1)c1ccc([nH]1)c(-c1ccccc1)c1nc(c(-c3ccccc3)c3ccc([nH]3)c2-c2ccccc2)C=C1.CC1=CC(=C(C)C)C=C(C=Cc2ccc(N(C)C)cc2)O1.O=c1c2ccccc2[nH]c2cc3c(=O)c4ccccc4[nH]c3cc12.c1ccc(-c2c3ccccc3c(-c3ccccc3)c3c(-c4ccccc4)c4ccccc4c(-c4ccccc4)c23)cc1. The number of nitrogens with zero attached hydrogens (tertiary/aromatic N) is 3. The van der Waals surface area contributed by atoms with E-state index in [0.717, 1.165) is 117 Å². The molecule has 0 spiro atoms. The van der Waals surface area contributed by atoms with Crippen molar-refractivity contribution in [3.8, 4) is 89.0 Å². The number of anilines is 1. The molecule has 8 bridgehead atoms. The number of aromatic nitrogens is 6. The average molecular weight is 1740 g/mol. The molecule has 3 aliphatic heterocycles. The van der Waals surface area contributed by atoms with Crippen molar-refractivity contribution in [2.75, 3.05) is 19.0 Å². The molecule has 4 N–H and O–H groups in total. The van der Waals surface area contributed by atoms with Crippen molar-refractivity contribution in [2.45, 2.75) is 20.8 Å². The van der Waals surface area contributed by atoms with Crippen LogP contribution in [0.15, 0.2) is 451 Å². The number of aromatic amines is 4. The Hall–Kier alpha value is -17.6. The third-order valence-corrected chi connectivity index (χ3v) is 25.3. The highest BCUT2D eigenvalue weighted by molar-refractivity contribution is 6.34. The molecule has 8 heterocycles. The molecular weight excluding hydrogens is 1650 g/mol. The highest BCUT2D eigenvalue weighted by atomic mass is 16.5. The second kappa shape index (κ2) is 37.1. The fourth-order valence-corrected chi connectivity index (χ4v) is 19.0. The fourth-order valence-electron chi connectivity index (χ4n) is 19.0. The van der Waals surface area contributed by atoms with E-state index in [0.29, 0.717) is 32.6 Å². The Morgan fingerprint density at radius 3 is 0.830 bits per heavy atom. The molecule has 646 valence electrons. The summed E-state index contributed by atoms with van der Waals surface area (Å²) in [4.78, 5) is 52.5. The predicted octanol–water partition coefficient (Wildman–Crippen LogP) is 31.7. The first-order chi connectivity index (χ1) is 66.4. The number of nitrogens with one attached hydrogen (secondary N) is 4. The van der Waals surface area contributed by atoms with Gasteiger partial charge in [0.25, 0.3) is 0 Å². The number of H-pyrrole nitrogens is 4. The number of allylic oxidation sites excluding steroid dienone is 6. The van der Waals surface area contributed by atoms with Crippen LogP contribution in [0.1, 0.15) is 49.1 Å². The Balaban J connectivity index is 0.000000114. The molecule has 21 aromatic rings. The fraction of sp³-hybridized carbons (Fsp3) is 0.0400. The Morgan fingerprint density at radius 2 is 0.541 bits per heavy atom. The van der Waals surface area contributed by atoms with Gasteiger partial charge < -0.3 is 29.6 Å². The average Bonchev–Trinajstić information content (AvgIpc) is 1.31. The zero-order chi connectivity index (χ0) is 91.4. The van der Waals surface area contributed by atoms with Crippen LogP contribution in [0.2, 0.25) is 0 Å². The summed E-state index contributed by atoms with van der Waals surface area (Å²) in [6.45, 7) is 6.21. The zero-order valence-electron chi connectivity index (χ0n) is 75.3.